The lowest BCUT2D eigenvalue weighted by molar-refractivity contribution is 0.0697. The predicted molar refractivity (Wildman–Crippen MR) is 113 cm³/mol. The number of anilines is 1. The van der Waals surface area contributed by atoms with Gasteiger partial charge in [-0.2, -0.15) is 4.68 Å². The van der Waals surface area contributed by atoms with Crippen molar-refractivity contribution in [3.63, 3.8) is 0 Å². The Hall–Kier alpha value is -4.02. The van der Waals surface area contributed by atoms with Gasteiger partial charge < -0.3 is 9.84 Å². The Kier molecular flexibility index (Phi) is 6.10. The van der Waals surface area contributed by atoms with Gasteiger partial charge in [-0.1, -0.05) is 32.9 Å². The second kappa shape index (κ2) is 8.61. The Bertz CT molecular complexity index is 1230. The molecule has 0 unspecified atom stereocenters. The fraction of sp³-hybridized carbons (Fsp3) is 0.286. The molecule has 0 saturated carbocycles. The third-order valence-corrected chi connectivity index (χ3v) is 4.41. The van der Waals surface area contributed by atoms with Crippen LogP contribution in [0.2, 0.25) is 0 Å². The predicted octanol–water partition coefficient (Wildman–Crippen LogP) is 2.80. The first-order valence-corrected chi connectivity index (χ1v) is 9.56. The molecule has 0 aliphatic rings. The number of carboxylic acid groups (broad SMARTS) is 1. The minimum Gasteiger partial charge on any atom is -0.494 e. The van der Waals surface area contributed by atoms with Crippen LogP contribution in [-0.2, 0) is 0 Å². The smallest absolute Gasteiger partial charge is 0.377 e. The lowest BCUT2D eigenvalue weighted by Gasteiger charge is -2.29. The molecule has 1 aromatic heterocycles. The topological polar surface area (TPSA) is 120 Å². The number of rotatable bonds is 5. The molecule has 0 aliphatic heterocycles. The summed E-state index contributed by atoms with van der Waals surface area (Å²) in [7, 11) is 1.30. The van der Waals surface area contributed by atoms with Crippen LogP contribution >= 0.6 is 0 Å². The Morgan fingerprint density at radius 1 is 1.16 bits per heavy atom. The van der Waals surface area contributed by atoms with E-state index in [1.807, 2.05) is 20.8 Å². The van der Waals surface area contributed by atoms with Gasteiger partial charge >= 0.3 is 17.7 Å². The van der Waals surface area contributed by atoms with E-state index in [2.05, 4.69) is 10.4 Å². The van der Waals surface area contributed by atoms with Crippen LogP contribution < -0.4 is 15.3 Å². The summed E-state index contributed by atoms with van der Waals surface area (Å²) in [6.07, 6.45) is 0. The molecule has 0 aliphatic carbocycles. The zero-order chi connectivity index (χ0) is 23.6. The molecule has 32 heavy (non-hydrogen) atoms. The van der Waals surface area contributed by atoms with Gasteiger partial charge in [0.1, 0.15) is 11.4 Å². The number of tetrazole rings is 1. The summed E-state index contributed by atoms with van der Waals surface area (Å²) in [6, 6.07) is 8.84. The molecule has 11 heteroatoms. The molecule has 10 nitrogen and oxygen atoms in total. The Labute approximate surface area is 182 Å². The molecule has 0 radical (unpaired) electrons. The molecule has 3 rings (SSSR count). The van der Waals surface area contributed by atoms with Crippen LogP contribution in [0.25, 0.3) is 5.69 Å². The second-order valence-corrected chi connectivity index (χ2v) is 8.16. The largest absolute Gasteiger partial charge is 0.494 e. The lowest BCUT2D eigenvalue weighted by Crippen LogP contribution is -2.44. The van der Waals surface area contributed by atoms with Gasteiger partial charge in [-0.15, -0.1) is 4.68 Å². The van der Waals surface area contributed by atoms with E-state index in [1.165, 1.54) is 42.3 Å². The number of amides is 1. The fourth-order valence-corrected chi connectivity index (χ4v) is 3.04. The maximum absolute atomic E-state index is 14.4. The van der Waals surface area contributed by atoms with Gasteiger partial charge in [0.2, 0.25) is 0 Å². The van der Waals surface area contributed by atoms with Crippen molar-refractivity contribution in [1.29, 1.82) is 0 Å². The van der Waals surface area contributed by atoms with Gasteiger partial charge in [0.05, 0.1) is 12.7 Å². The maximum atomic E-state index is 14.4. The molecule has 0 saturated heterocycles. The third-order valence-electron chi connectivity index (χ3n) is 4.41. The standard InChI is InChI=1S/C21H22FN5O5/c1-21(2,3)12-25(14-8-5-7-13(11-14)18(28)29)19(30)27-20(31)26(23-24-27)17-15(22)9-6-10-16(17)32-4/h5-11H,12H2,1-4H3,(H,28,29). The van der Waals surface area contributed by atoms with E-state index in [1.54, 1.807) is 6.07 Å². The summed E-state index contributed by atoms with van der Waals surface area (Å²) in [4.78, 5) is 38.9. The summed E-state index contributed by atoms with van der Waals surface area (Å²) < 4.78 is 20.6. The van der Waals surface area contributed by atoms with Gasteiger partial charge in [0.25, 0.3) is 0 Å². The number of para-hydroxylation sites is 1. The summed E-state index contributed by atoms with van der Waals surface area (Å²) in [5, 5.41) is 16.6. The minimum absolute atomic E-state index is 0.0266. The number of nitrogens with zero attached hydrogens (tertiary/aromatic N) is 5. The van der Waals surface area contributed by atoms with Gasteiger partial charge in [0, 0.05) is 12.2 Å². The van der Waals surface area contributed by atoms with Gasteiger partial charge in [-0.25, -0.2) is 18.8 Å². The van der Waals surface area contributed by atoms with Crippen LogP contribution in [-0.4, -0.2) is 50.6 Å². The summed E-state index contributed by atoms with van der Waals surface area (Å²) in [6.45, 7) is 5.76. The first kappa shape index (κ1) is 22.7. The molecule has 0 atom stereocenters. The van der Waals surface area contributed by atoms with E-state index in [4.69, 9.17) is 4.74 Å². The molecule has 1 heterocycles. The summed E-state index contributed by atoms with van der Waals surface area (Å²) >= 11 is 0. The molecule has 3 aromatic rings. The van der Waals surface area contributed by atoms with Crippen LogP contribution in [0.15, 0.2) is 47.3 Å². The quantitative estimate of drug-likeness (QED) is 0.602. The number of methoxy groups -OCH3 is 1. The Morgan fingerprint density at radius 2 is 1.84 bits per heavy atom. The van der Waals surface area contributed by atoms with Crippen molar-refractivity contribution in [2.24, 2.45) is 5.41 Å². The van der Waals surface area contributed by atoms with Crippen LogP contribution in [0, 0.1) is 11.2 Å². The van der Waals surface area contributed by atoms with Crippen LogP contribution in [0.4, 0.5) is 14.9 Å². The molecule has 1 N–H and O–H groups in total. The van der Waals surface area contributed by atoms with E-state index < -0.39 is 28.9 Å². The average Bonchev–Trinajstić information content (AvgIpc) is 3.11. The molecule has 0 bridgehead atoms. The number of hydrogen-bond acceptors (Lipinski definition) is 6. The summed E-state index contributed by atoms with van der Waals surface area (Å²) in [5.41, 5.74) is -1.47. The number of aromatic nitrogens is 4. The first-order valence-electron chi connectivity index (χ1n) is 9.56. The fourth-order valence-electron chi connectivity index (χ4n) is 3.04. The maximum Gasteiger partial charge on any atom is 0.377 e. The number of ether oxygens (including phenoxy) is 1. The van der Waals surface area contributed by atoms with Crippen LogP contribution in [0.1, 0.15) is 31.1 Å². The van der Waals surface area contributed by atoms with Crippen molar-refractivity contribution < 1.29 is 23.8 Å². The first-order chi connectivity index (χ1) is 15.0. The van der Waals surface area contributed by atoms with Crippen molar-refractivity contribution in [2.45, 2.75) is 20.8 Å². The van der Waals surface area contributed by atoms with Crippen molar-refractivity contribution in [1.82, 2.24) is 19.8 Å². The highest BCUT2D eigenvalue weighted by Crippen LogP contribution is 2.25. The van der Waals surface area contributed by atoms with Crippen LogP contribution in [0.3, 0.4) is 0 Å². The number of carbonyl (C=O) groups excluding carboxylic acids is 1. The van der Waals surface area contributed by atoms with Gasteiger partial charge in [0.15, 0.2) is 5.82 Å². The number of hydrogen-bond donors (Lipinski definition) is 1. The molecular formula is C21H22FN5O5. The molecular weight excluding hydrogens is 421 g/mol. The van der Waals surface area contributed by atoms with Crippen molar-refractivity contribution >= 4 is 17.7 Å². The molecule has 1 amide bonds. The summed E-state index contributed by atoms with van der Waals surface area (Å²) in [5.74, 6) is -1.91. The minimum atomic E-state index is -1.16. The Balaban J connectivity index is 2.10. The highest BCUT2D eigenvalue weighted by atomic mass is 19.1. The van der Waals surface area contributed by atoms with Crippen molar-refractivity contribution in [2.75, 3.05) is 18.6 Å². The Morgan fingerprint density at radius 3 is 2.47 bits per heavy atom. The number of carboxylic acids is 1. The SMILES string of the molecule is COc1cccc(F)c1-n1nnn(C(=O)N(CC(C)(C)C)c2cccc(C(=O)O)c2)c1=O. The normalized spacial score (nSPS) is 11.3. The van der Waals surface area contributed by atoms with E-state index in [0.29, 0.717) is 9.36 Å². The van der Waals surface area contributed by atoms with E-state index >= 15 is 0 Å². The van der Waals surface area contributed by atoms with E-state index in [0.717, 1.165) is 6.07 Å². The lowest BCUT2D eigenvalue weighted by atomic mass is 9.96. The second-order valence-electron chi connectivity index (χ2n) is 8.16. The average molecular weight is 443 g/mol. The molecule has 0 spiro atoms. The number of carbonyl (C=O) groups is 2. The number of halogens is 1. The monoisotopic (exact) mass is 443 g/mol. The molecule has 2 aromatic carbocycles. The zero-order valence-corrected chi connectivity index (χ0v) is 17.9. The molecule has 0 fully saturated rings. The highest BCUT2D eigenvalue weighted by molar-refractivity contribution is 5.95. The van der Waals surface area contributed by atoms with Gasteiger partial charge in [-0.3, -0.25) is 4.90 Å². The number of benzene rings is 2. The van der Waals surface area contributed by atoms with Crippen molar-refractivity contribution in [3.8, 4) is 11.4 Å². The van der Waals surface area contributed by atoms with E-state index in [9.17, 15) is 23.9 Å². The zero-order valence-electron chi connectivity index (χ0n) is 17.9. The highest BCUT2D eigenvalue weighted by Gasteiger charge is 2.28. The third kappa shape index (κ3) is 4.51. The van der Waals surface area contributed by atoms with E-state index in [-0.39, 0.29) is 29.2 Å². The van der Waals surface area contributed by atoms with Gasteiger partial charge in [-0.05, 0) is 46.2 Å². The van der Waals surface area contributed by atoms with Crippen LogP contribution in [0.5, 0.6) is 5.75 Å². The number of aromatic carboxylic acids is 1. The van der Waals surface area contributed by atoms with Crippen molar-refractivity contribution in [3.05, 3.63) is 64.3 Å². The molecule has 168 valence electrons.